The molecule has 0 heterocycles. The molecule has 1 unspecified atom stereocenters. The van der Waals surface area contributed by atoms with Gasteiger partial charge in [-0.2, -0.15) is 11.8 Å². The molecule has 0 aromatic heterocycles. The number of benzene rings is 1. The van der Waals surface area contributed by atoms with Gasteiger partial charge in [-0.1, -0.05) is 36.4 Å². The summed E-state index contributed by atoms with van der Waals surface area (Å²) in [4.78, 5) is 22.3. The Hall–Kier alpha value is -1.99. The van der Waals surface area contributed by atoms with E-state index in [4.69, 9.17) is 9.47 Å². The van der Waals surface area contributed by atoms with Gasteiger partial charge in [-0.25, -0.2) is 4.79 Å². The molecule has 0 aliphatic carbocycles. The summed E-state index contributed by atoms with van der Waals surface area (Å²) in [5.41, 5.74) is 0.891. The van der Waals surface area contributed by atoms with Gasteiger partial charge in [-0.05, 0) is 24.3 Å². The van der Waals surface area contributed by atoms with Gasteiger partial charge in [0.25, 0.3) is 6.47 Å². The van der Waals surface area contributed by atoms with Crippen molar-refractivity contribution in [1.82, 2.24) is 10.6 Å². The van der Waals surface area contributed by atoms with Gasteiger partial charge in [0.15, 0.2) is 6.23 Å². The van der Waals surface area contributed by atoms with Gasteiger partial charge in [0.2, 0.25) is 0 Å². The summed E-state index contributed by atoms with van der Waals surface area (Å²) < 4.78 is 9.97. The minimum absolute atomic E-state index is 0.169. The lowest BCUT2D eigenvalue weighted by Crippen LogP contribution is -2.39. The van der Waals surface area contributed by atoms with Crippen molar-refractivity contribution in [3.63, 3.8) is 0 Å². The second-order valence-electron chi connectivity index (χ2n) is 4.85. The molecule has 1 aromatic rings. The fraction of sp³-hybridized carbons (Fsp3) is 0.412. The van der Waals surface area contributed by atoms with Gasteiger partial charge >= 0.3 is 6.09 Å². The molecule has 0 aliphatic rings. The topological polar surface area (TPSA) is 76.7 Å². The van der Waals surface area contributed by atoms with E-state index in [0.29, 0.717) is 12.2 Å². The van der Waals surface area contributed by atoms with Gasteiger partial charge in [0, 0.05) is 12.3 Å². The average Bonchev–Trinajstić information content (AvgIpc) is 2.60. The summed E-state index contributed by atoms with van der Waals surface area (Å²) in [6.07, 6.45) is 1.48. The second-order valence-corrected chi connectivity index (χ2v) is 6.00. The lowest BCUT2D eigenvalue weighted by molar-refractivity contribution is -0.133. The van der Waals surface area contributed by atoms with E-state index in [1.807, 2.05) is 36.4 Å². The number of ether oxygens (including phenoxy) is 2. The van der Waals surface area contributed by atoms with E-state index in [1.165, 1.54) is 0 Å². The molecule has 6 nitrogen and oxygen atoms in total. The van der Waals surface area contributed by atoms with E-state index in [1.54, 1.807) is 11.8 Å². The van der Waals surface area contributed by atoms with Crippen LogP contribution in [0, 0.1) is 0 Å². The van der Waals surface area contributed by atoms with Gasteiger partial charge in [-0.15, -0.1) is 6.58 Å². The van der Waals surface area contributed by atoms with Crippen LogP contribution in [0.4, 0.5) is 4.79 Å². The first kappa shape index (κ1) is 20.1. The van der Waals surface area contributed by atoms with Crippen molar-refractivity contribution in [3.05, 3.63) is 48.6 Å². The zero-order valence-corrected chi connectivity index (χ0v) is 14.4. The minimum Gasteiger partial charge on any atom is -0.445 e. The van der Waals surface area contributed by atoms with Crippen molar-refractivity contribution >= 4 is 24.3 Å². The first-order valence-electron chi connectivity index (χ1n) is 7.72. The standard InChI is InChI=1S/C17H24N2O4S/c1-2-9-18-10-6-11-24-13-16(23-14-20)19-17(21)22-12-15-7-4-3-5-8-15/h2-5,7-8,14,16,18H,1,6,9-13H2,(H,19,21). The van der Waals surface area contributed by atoms with Crippen LogP contribution in [0.2, 0.25) is 0 Å². The summed E-state index contributed by atoms with van der Waals surface area (Å²) >= 11 is 1.60. The Labute approximate surface area is 147 Å². The number of carbonyl (C=O) groups excluding carboxylic acids is 2. The van der Waals surface area contributed by atoms with E-state index in [-0.39, 0.29) is 6.61 Å². The van der Waals surface area contributed by atoms with Crippen LogP contribution in [-0.4, -0.2) is 43.4 Å². The van der Waals surface area contributed by atoms with E-state index in [9.17, 15) is 9.59 Å². The Bertz CT molecular complexity index is 485. The van der Waals surface area contributed by atoms with E-state index < -0.39 is 12.3 Å². The largest absolute Gasteiger partial charge is 0.445 e. The number of carbonyl (C=O) groups is 2. The number of hydrogen-bond donors (Lipinski definition) is 2. The Morgan fingerprint density at radius 1 is 1.33 bits per heavy atom. The highest BCUT2D eigenvalue weighted by Crippen LogP contribution is 2.06. The fourth-order valence-corrected chi connectivity index (χ4v) is 2.66. The zero-order chi connectivity index (χ0) is 17.5. The van der Waals surface area contributed by atoms with Gasteiger partial charge < -0.3 is 14.8 Å². The molecule has 2 N–H and O–H groups in total. The molecule has 1 rings (SSSR count). The Morgan fingerprint density at radius 3 is 2.83 bits per heavy atom. The van der Waals surface area contributed by atoms with Crippen LogP contribution in [0.5, 0.6) is 0 Å². The molecule has 0 spiro atoms. The highest BCUT2D eigenvalue weighted by molar-refractivity contribution is 7.99. The third-order valence-electron chi connectivity index (χ3n) is 2.91. The second kappa shape index (κ2) is 13.4. The summed E-state index contributed by atoms with van der Waals surface area (Å²) in [7, 11) is 0. The molecule has 1 aromatic carbocycles. The number of thioether (sulfide) groups is 1. The van der Waals surface area contributed by atoms with Crippen LogP contribution in [0.25, 0.3) is 0 Å². The first-order chi connectivity index (χ1) is 11.8. The quantitative estimate of drug-likeness (QED) is 0.246. The smallest absolute Gasteiger partial charge is 0.410 e. The molecular formula is C17H24N2O4S. The number of rotatable bonds is 13. The van der Waals surface area contributed by atoms with Crippen LogP contribution in [-0.2, 0) is 20.9 Å². The third kappa shape index (κ3) is 9.91. The zero-order valence-electron chi connectivity index (χ0n) is 13.6. The molecule has 0 saturated carbocycles. The van der Waals surface area contributed by atoms with Crippen LogP contribution < -0.4 is 10.6 Å². The van der Waals surface area contributed by atoms with Crippen LogP contribution >= 0.6 is 11.8 Å². The predicted molar refractivity (Wildman–Crippen MR) is 95.7 cm³/mol. The van der Waals surface area contributed by atoms with Crippen molar-refractivity contribution in [2.45, 2.75) is 19.3 Å². The van der Waals surface area contributed by atoms with E-state index in [0.717, 1.165) is 30.8 Å². The van der Waals surface area contributed by atoms with Crippen LogP contribution in [0.1, 0.15) is 12.0 Å². The fourth-order valence-electron chi connectivity index (χ4n) is 1.77. The number of amides is 1. The minimum atomic E-state index is -0.697. The molecule has 24 heavy (non-hydrogen) atoms. The maximum absolute atomic E-state index is 11.8. The summed E-state index contributed by atoms with van der Waals surface area (Å²) in [5.74, 6) is 1.37. The van der Waals surface area contributed by atoms with Crippen molar-refractivity contribution in [2.24, 2.45) is 0 Å². The number of alkyl carbamates (subject to hydrolysis) is 1. The van der Waals surface area contributed by atoms with Gasteiger partial charge in [-0.3, -0.25) is 10.1 Å². The number of hydrogen-bond acceptors (Lipinski definition) is 6. The van der Waals surface area contributed by atoms with Crippen LogP contribution in [0.15, 0.2) is 43.0 Å². The highest BCUT2D eigenvalue weighted by atomic mass is 32.2. The molecule has 0 saturated heterocycles. The van der Waals surface area contributed by atoms with E-state index in [2.05, 4.69) is 17.2 Å². The average molecular weight is 352 g/mol. The third-order valence-corrected chi connectivity index (χ3v) is 4.03. The Kier molecular flexibility index (Phi) is 11.2. The lowest BCUT2D eigenvalue weighted by Gasteiger charge is -2.16. The monoisotopic (exact) mass is 352 g/mol. The Balaban J connectivity index is 2.20. The lowest BCUT2D eigenvalue weighted by atomic mass is 10.2. The van der Waals surface area contributed by atoms with Crippen LogP contribution in [0.3, 0.4) is 0 Å². The van der Waals surface area contributed by atoms with Gasteiger partial charge in [0.1, 0.15) is 6.61 Å². The molecule has 1 amide bonds. The predicted octanol–water partition coefficient (Wildman–Crippen LogP) is 2.31. The SMILES string of the molecule is C=CCNCCCSCC(NC(=O)OCc1ccccc1)OC=O. The first-order valence-corrected chi connectivity index (χ1v) is 8.87. The van der Waals surface area contributed by atoms with Crippen molar-refractivity contribution in [3.8, 4) is 0 Å². The molecule has 0 aliphatic heterocycles. The summed E-state index contributed by atoms with van der Waals surface area (Å²) in [6, 6.07) is 9.36. The molecule has 132 valence electrons. The normalized spacial score (nSPS) is 11.3. The summed E-state index contributed by atoms with van der Waals surface area (Å²) in [6.45, 7) is 5.81. The van der Waals surface area contributed by atoms with Crippen molar-refractivity contribution in [1.29, 1.82) is 0 Å². The van der Waals surface area contributed by atoms with E-state index >= 15 is 0 Å². The highest BCUT2D eigenvalue weighted by Gasteiger charge is 2.14. The Morgan fingerprint density at radius 2 is 2.12 bits per heavy atom. The number of nitrogens with one attached hydrogen (secondary N) is 2. The maximum Gasteiger partial charge on any atom is 0.410 e. The molecule has 1 atom stereocenters. The van der Waals surface area contributed by atoms with Crippen molar-refractivity contribution in [2.75, 3.05) is 24.6 Å². The molecule has 7 heteroatoms. The molecule has 0 radical (unpaired) electrons. The molecular weight excluding hydrogens is 328 g/mol. The molecule has 0 fully saturated rings. The van der Waals surface area contributed by atoms with Gasteiger partial charge in [0.05, 0.1) is 0 Å². The maximum atomic E-state index is 11.8. The van der Waals surface area contributed by atoms with Crippen molar-refractivity contribution < 1.29 is 19.1 Å². The summed E-state index contributed by atoms with van der Waals surface area (Å²) in [5, 5.41) is 5.74. The molecule has 0 bridgehead atoms.